The van der Waals surface area contributed by atoms with E-state index in [1.54, 1.807) is 25.3 Å². The molecule has 0 unspecified atom stereocenters. The minimum atomic E-state index is -0.466. The molecule has 0 atom stereocenters. The predicted molar refractivity (Wildman–Crippen MR) is 105 cm³/mol. The lowest BCUT2D eigenvalue weighted by molar-refractivity contribution is 0.0600. The van der Waals surface area contributed by atoms with Crippen molar-refractivity contribution in [3.05, 3.63) is 59.7 Å². The zero-order valence-corrected chi connectivity index (χ0v) is 15.8. The van der Waals surface area contributed by atoms with Crippen LogP contribution in [0.1, 0.15) is 20.7 Å². The molecule has 0 heterocycles. The van der Waals surface area contributed by atoms with Crippen molar-refractivity contribution in [3.63, 3.8) is 0 Å². The van der Waals surface area contributed by atoms with E-state index in [1.165, 1.54) is 31.4 Å². The number of carbonyl (C=O) groups is 2. The number of amides is 1. The van der Waals surface area contributed by atoms with Crippen LogP contribution in [-0.4, -0.2) is 44.4 Å². The summed E-state index contributed by atoms with van der Waals surface area (Å²) in [5, 5.41) is 5.65. The second-order valence-corrected chi connectivity index (χ2v) is 5.75. The topological polar surface area (TPSA) is 85.9 Å². The molecule has 0 spiro atoms. The first kappa shape index (κ1) is 20.3. The monoisotopic (exact) mass is 388 g/mol. The van der Waals surface area contributed by atoms with E-state index in [0.717, 1.165) is 0 Å². The SMILES string of the molecule is COCCOc1cccc(NC(=S)NC(=O)c2ccc(C(=O)OC)cc2)c1. The summed E-state index contributed by atoms with van der Waals surface area (Å²) >= 11 is 5.17. The van der Waals surface area contributed by atoms with Crippen LogP contribution < -0.4 is 15.4 Å². The molecule has 0 aliphatic carbocycles. The normalized spacial score (nSPS) is 10.0. The molecular weight excluding hydrogens is 368 g/mol. The molecular formula is C19H20N2O5S. The van der Waals surface area contributed by atoms with Gasteiger partial charge in [0, 0.05) is 24.4 Å². The molecule has 0 radical (unpaired) electrons. The van der Waals surface area contributed by atoms with E-state index in [-0.39, 0.29) is 5.11 Å². The average Bonchev–Trinajstić information content (AvgIpc) is 2.68. The molecule has 1 amide bonds. The van der Waals surface area contributed by atoms with Crippen LogP contribution in [0.4, 0.5) is 5.69 Å². The molecule has 2 aromatic rings. The summed E-state index contributed by atoms with van der Waals surface area (Å²) in [6.45, 7) is 0.920. The quantitative estimate of drug-likeness (QED) is 0.428. The number of hydrogen-bond donors (Lipinski definition) is 2. The molecule has 0 fully saturated rings. The summed E-state index contributed by atoms with van der Waals surface area (Å²) in [7, 11) is 2.90. The lowest BCUT2D eigenvalue weighted by Crippen LogP contribution is -2.34. The maximum atomic E-state index is 12.2. The second-order valence-electron chi connectivity index (χ2n) is 5.35. The molecule has 0 saturated carbocycles. The molecule has 2 aromatic carbocycles. The van der Waals surface area contributed by atoms with Crippen LogP contribution in [0.15, 0.2) is 48.5 Å². The van der Waals surface area contributed by atoms with Crippen molar-refractivity contribution >= 4 is 34.9 Å². The van der Waals surface area contributed by atoms with E-state index >= 15 is 0 Å². The highest BCUT2D eigenvalue weighted by Gasteiger charge is 2.10. The fourth-order valence-corrected chi connectivity index (χ4v) is 2.33. The van der Waals surface area contributed by atoms with E-state index < -0.39 is 11.9 Å². The molecule has 2 N–H and O–H groups in total. The predicted octanol–water partition coefficient (Wildman–Crippen LogP) is 2.63. The van der Waals surface area contributed by atoms with Gasteiger partial charge < -0.3 is 19.5 Å². The molecule has 0 bridgehead atoms. The van der Waals surface area contributed by atoms with Gasteiger partial charge in [-0.25, -0.2) is 4.79 Å². The lowest BCUT2D eigenvalue weighted by Gasteiger charge is -2.11. The van der Waals surface area contributed by atoms with Gasteiger partial charge in [-0.2, -0.15) is 0 Å². The van der Waals surface area contributed by atoms with Crippen LogP contribution in [0.2, 0.25) is 0 Å². The van der Waals surface area contributed by atoms with Crippen LogP contribution in [0.3, 0.4) is 0 Å². The highest BCUT2D eigenvalue weighted by molar-refractivity contribution is 7.80. The number of anilines is 1. The first-order chi connectivity index (χ1) is 13.0. The molecule has 27 heavy (non-hydrogen) atoms. The van der Waals surface area contributed by atoms with Gasteiger partial charge in [0.25, 0.3) is 5.91 Å². The highest BCUT2D eigenvalue weighted by atomic mass is 32.1. The van der Waals surface area contributed by atoms with E-state index in [9.17, 15) is 9.59 Å². The van der Waals surface area contributed by atoms with Gasteiger partial charge >= 0.3 is 5.97 Å². The van der Waals surface area contributed by atoms with Gasteiger partial charge in [0.2, 0.25) is 0 Å². The van der Waals surface area contributed by atoms with Crippen molar-refractivity contribution in [3.8, 4) is 5.75 Å². The van der Waals surface area contributed by atoms with Crippen molar-refractivity contribution in [2.45, 2.75) is 0 Å². The summed E-state index contributed by atoms with van der Waals surface area (Å²) in [4.78, 5) is 23.7. The van der Waals surface area contributed by atoms with E-state index in [2.05, 4.69) is 15.4 Å². The number of thiocarbonyl (C=S) groups is 1. The van der Waals surface area contributed by atoms with Gasteiger partial charge in [-0.3, -0.25) is 10.1 Å². The number of benzene rings is 2. The van der Waals surface area contributed by atoms with Gasteiger partial charge in [-0.05, 0) is 48.6 Å². The van der Waals surface area contributed by atoms with Gasteiger partial charge in [0.15, 0.2) is 5.11 Å². The Balaban J connectivity index is 1.92. The summed E-state index contributed by atoms with van der Waals surface area (Å²) in [5.74, 6) is -0.201. The highest BCUT2D eigenvalue weighted by Crippen LogP contribution is 2.17. The summed E-state index contributed by atoms with van der Waals surface area (Å²) in [6.07, 6.45) is 0. The molecule has 8 heteroatoms. The van der Waals surface area contributed by atoms with Crippen molar-refractivity contribution in [2.24, 2.45) is 0 Å². The Bertz CT molecular complexity index is 808. The van der Waals surface area contributed by atoms with Gasteiger partial charge in [-0.15, -0.1) is 0 Å². The summed E-state index contributed by atoms with van der Waals surface area (Å²) in [5.41, 5.74) is 1.40. The van der Waals surface area contributed by atoms with Crippen LogP contribution in [0.25, 0.3) is 0 Å². The third-order valence-corrected chi connectivity index (χ3v) is 3.65. The minimum Gasteiger partial charge on any atom is -0.491 e. The molecule has 7 nitrogen and oxygen atoms in total. The van der Waals surface area contributed by atoms with Crippen molar-refractivity contribution in [1.29, 1.82) is 0 Å². The fourth-order valence-electron chi connectivity index (χ4n) is 2.12. The van der Waals surface area contributed by atoms with Crippen LogP contribution in [-0.2, 0) is 9.47 Å². The second kappa shape index (κ2) is 10.2. The Hall–Kier alpha value is -2.97. The van der Waals surface area contributed by atoms with Gasteiger partial charge in [0.1, 0.15) is 12.4 Å². The van der Waals surface area contributed by atoms with E-state index in [1.807, 2.05) is 6.07 Å². The Morgan fingerprint density at radius 3 is 2.37 bits per heavy atom. The third kappa shape index (κ3) is 6.36. The van der Waals surface area contributed by atoms with Crippen LogP contribution in [0, 0.1) is 0 Å². The smallest absolute Gasteiger partial charge is 0.337 e. The third-order valence-electron chi connectivity index (χ3n) is 3.44. The number of nitrogens with one attached hydrogen (secondary N) is 2. The standard InChI is InChI=1S/C19H20N2O5S/c1-24-10-11-26-16-5-3-4-15(12-16)20-19(27)21-17(22)13-6-8-14(9-7-13)18(23)25-2/h3-9,12H,10-11H2,1-2H3,(H2,20,21,22,27). The summed E-state index contributed by atoms with van der Waals surface area (Å²) in [6, 6.07) is 13.2. The van der Waals surface area contributed by atoms with Crippen LogP contribution >= 0.6 is 12.2 Å². The van der Waals surface area contributed by atoms with Crippen molar-refractivity contribution in [2.75, 3.05) is 32.8 Å². The largest absolute Gasteiger partial charge is 0.491 e. The fraction of sp³-hybridized carbons (Fsp3) is 0.211. The number of carbonyl (C=O) groups excluding carboxylic acids is 2. The first-order valence-electron chi connectivity index (χ1n) is 8.06. The Labute approximate surface area is 162 Å². The van der Waals surface area contributed by atoms with Crippen molar-refractivity contribution in [1.82, 2.24) is 5.32 Å². The number of methoxy groups -OCH3 is 2. The maximum absolute atomic E-state index is 12.2. The Morgan fingerprint density at radius 2 is 1.70 bits per heavy atom. The zero-order valence-electron chi connectivity index (χ0n) is 15.0. The zero-order chi connectivity index (χ0) is 19.6. The van der Waals surface area contributed by atoms with Gasteiger partial charge in [-0.1, -0.05) is 6.07 Å². The van der Waals surface area contributed by atoms with E-state index in [0.29, 0.717) is 35.8 Å². The summed E-state index contributed by atoms with van der Waals surface area (Å²) < 4.78 is 15.1. The molecule has 0 aromatic heterocycles. The minimum absolute atomic E-state index is 0.145. The number of esters is 1. The van der Waals surface area contributed by atoms with Crippen molar-refractivity contribution < 1.29 is 23.8 Å². The first-order valence-corrected chi connectivity index (χ1v) is 8.47. The van der Waals surface area contributed by atoms with E-state index in [4.69, 9.17) is 21.7 Å². The van der Waals surface area contributed by atoms with Crippen LogP contribution in [0.5, 0.6) is 5.75 Å². The van der Waals surface area contributed by atoms with Gasteiger partial charge in [0.05, 0.1) is 19.3 Å². The molecule has 0 saturated heterocycles. The molecule has 142 valence electrons. The molecule has 2 rings (SSSR count). The molecule has 0 aliphatic rings. The lowest BCUT2D eigenvalue weighted by atomic mass is 10.1. The number of rotatable bonds is 7. The average molecular weight is 388 g/mol. The molecule has 0 aliphatic heterocycles. The Kier molecular flexibility index (Phi) is 7.72. The number of ether oxygens (including phenoxy) is 3. The maximum Gasteiger partial charge on any atom is 0.337 e. The Morgan fingerprint density at radius 1 is 1.00 bits per heavy atom. The number of hydrogen-bond acceptors (Lipinski definition) is 6.